The summed E-state index contributed by atoms with van der Waals surface area (Å²) >= 11 is 5.74. The number of nitrogen functional groups attached to an aromatic ring is 1. The second-order valence-electron chi connectivity index (χ2n) is 3.09. The molecule has 0 amide bonds. The Morgan fingerprint density at radius 1 is 1.67 bits per heavy atom. The van der Waals surface area contributed by atoms with Gasteiger partial charge in [0, 0.05) is 18.5 Å². The topological polar surface area (TPSA) is 63.8 Å². The normalized spacial score (nSPS) is 11.8. The van der Waals surface area contributed by atoms with Crippen molar-refractivity contribution in [2.45, 2.75) is 25.8 Å². The van der Waals surface area contributed by atoms with Gasteiger partial charge in [-0.1, -0.05) is 18.5 Å². The van der Waals surface area contributed by atoms with Gasteiger partial charge in [0.1, 0.15) is 11.0 Å². The van der Waals surface area contributed by atoms with E-state index in [-0.39, 0.29) is 12.0 Å². The molecule has 0 aliphatic carbocycles. The summed E-state index contributed by atoms with van der Waals surface area (Å²) in [5.41, 5.74) is 5.46. The fraction of sp³-hybridized carbons (Fsp3) is 0.400. The molecule has 0 bridgehead atoms. The van der Waals surface area contributed by atoms with Crippen molar-refractivity contribution in [1.29, 1.82) is 0 Å². The summed E-state index contributed by atoms with van der Waals surface area (Å²) in [7, 11) is 0. The van der Waals surface area contributed by atoms with Gasteiger partial charge in [0.05, 0.1) is 0 Å². The van der Waals surface area contributed by atoms with Crippen LogP contribution in [0, 0.1) is 12.3 Å². The molecule has 1 aromatic heterocycles. The summed E-state index contributed by atoms with van der Waals surface area (Å²) in [6, 6.07) is 1.80. The molecule has 5 heteroatoms. The van der Waals surface area contributed by atoms with Gasteiger partial charge in [0.2, 0.25) is 5.95 Å². The zero-order chi connectivity index (χ0) is 11.3. The van der Waals surface area contributed by atoms with Gasteiger partial charge in [-0.15, -0.1) is 12.3 Å². The molecule has 0 saturated carbocycles. The SMILES string of the molecule is C#CCC(CC)Nc1cc(Cl)nc(N)n1. The van der Waals surface area contributed by atoms with Crippen molar-refractivity contribution in [3.8, 4) is 12.3 Å². The Morgan fingerprint density at radius 3 is 2.93 bits per heavy atom. The van der Waals surface area contributed by atoms with Crippen molar-refractivity contribution in [2.24, 2.45) is 0 Å². The molecule has 1 rings (SSSR count). The summed E-state index contributed by atoms with van der Waals surface area (Å²) in [5, 5.41) is 3.47. The van der Waals surface area contributed by atoms with Crippen LogP contribution in [-0.4, -0.2) is 16.0 Å². The molecule has 80 valence electrons. The highest BCUT2D eigenvalue weighted by molar-refractivity contribution is 6.29. The molecule has 0 aromatic carbocycles. The summed E-state index contributed by atoms with van der Waals surface area (Å²) < 4.78 is 0. The summed E-state index contributed by atoms with van der Waals surface area (Å²) in [6.07, 6.45) is 6.79. The predicted octanol–water partition coefficient (Wildman–Crippen LogP) is 1.93. The number of terminal acetylenes is 1. The van der Waals surface area contributed by atoms with Crippen LogP contribution < -0.4 is 11.1 Å². The highest BCUT2D eigenvalue weighted by Crippen LogP contribution is 2.14. The smallest absolute Gasteiger partial charge is 0.223 e. The lowest BCUT2D eigenvalue weighted by molar-refractivity contribution is 0.711. The number of nitrogens with one attached hydrogen (secondary N) is 1. The van der Waals surface area contributed by atoms with Crippen molar-refractivity contribution in [1.82, 2.24) is 9.97 Å². The van der Waals surface area contributed by atoms with E-state index < -0.39 is 0 Å². The lowest BCUT2D eigenvalue weighted by Gasteiger charge is -2.14. The Balaban J connectivity index is 2.75. The van der Waals surface area contributed by atoms with Crippen LogP contribution >= 0.6 is 11.6 Å². The fourth-order valence-electron chi connectivity index (χ4n) is 1.16. The van der Waals surface area contributed by atoms with Crippen molar-refractivity contribution < 1.29 is 0 Å². The number of aromatic nitrogens is 2. The van der Waals surface area contributed by atoms with E-state index in [1.54, 1.807) is 6.07 Å². The number of anilines is 2. The van der Waals surface area contributed by atoms with Crippen LogP contribution in [0.2, 0.25) is 5.15 Å². The summed E-state index contributed by atoms with van der Waals surface area (Å²) in [5.74, 6) is 3.36. The second-order valence-corrected chi connectivity index (χ2v) is 3.48. The molecule has 0 aliphatic heterocycles. The number of rotatable bonds is 4. The molecule has 0 fully saturated rings. The van der Waals surface area contributed by atoms with E-state index in [2.05, 4.69) is 21.2 Å². The van der Waals surface area contributed by atoms with Crippen LogP contribution in [0.15, 0.2) is 6.07 Å². The maximum Gasteiger partial charge on any atom is 0.223 e. The first-order chi connectivity index (χ1) is 7.15. The molecule has 1 heterocycles. The van der Waals surface area contributed by atoms with Gasteiger partial charge in [-0.3, -0.25) is 0 Å². The highest BCUT2D eigenvalue weighted by Gasteiger charge is 2.06. The Bertz CT molecular complexity index is 352. The molecular formula is C10H13ClN4. The molecule has 0 aliphatic rings. The van der Waals surface area contributed by atoms with E-state index in [1.807, 2.05) is 6.92 Å². The number of hydrogen-bond acceptors (Lipinski definition) is 4. The molecule has 0 radical (unpaired) electrons. The van der Waals surface area contributed by atoms with E-state index in [0.717, 1.165) is 6.42 Å². The van der Waals surface area contributed by atoms with Crippen molar-refractivity contribution in [3.63, 3.8) is 0 Å². The molecular weight excluding hydrogens is 212 g/mol. The third-order valence-corrected chi connectivity index (χ3v) is 2.11. The largest absolute Gasteiger partial charge is 0.368 e. The zero-order valence-corrected chi connectivity index (χ0v) is 9.25. The fourth-order valence-corrected chi connectivity index (χ4v) is 1.35. The zero-order valence-electron chi connectivity index (χ0n) is 8.50. The third kappa shape index (κ3) is 3.64. The number of hydrogen-bond donors (Lipinski definition) is 2. The minimum absolute atomic E-state index is 0.153. The highest BCUT2D eigenvalue weighted by atomic mass is 35.5. The van der Waals surface area contributed by atoms with Gasteiger partial charge in [0.25, 0.3) is 0 Å². The van der Waals surface area contributed by atoms with Crippen LogP contribution in [0.4, 0.5) is 11.8 Å². The Labute approximate surface area is 94.3 Å². The van der Waals surface area contributed by atoms with Gasteiger partial charge in [-0.05, 0) is 6.42 Å². The number of nitrogens with zero attached hydrogens (tertiary/aromatic N) is 2. The van der Waals surface area contributed by atoms with Gasteiger partial charge in [-0.25, -0.2) is 4.98 Å². The first-order valence-corrected chi connectivity index (χ1v) is 5.03. The standard InChI is InChI=1S/C10H13ClN4/c1-3-5-7(4-2)13-9-6-8(11)14-10(12)15-9/h1,6-7H,4-5H2,2H3,(H3,12,13,14,15). The minimum atomic E-state index is 0.153. The molecule has 1 aromatic rings. The van der Waals surface area contributed by atoms with E-state index in [0.29, 0.717) is 17.4 Å². The first kappa shape index (κ1) is 11.6. The summed E-state index contributed by atoms with van der Waals surface area (Å²) in [4.78, 5) is 7.77. The molecule has 1 atom stereocenters. The van der Waals surface area contributed by atoms with Crippen LogP contribution in [0.3, 0.4) is 0 Å². The predicted molar refractivity (Wildman–Crippen MR) is 62.6 cm³/mol. The lowest BCUT2D eigenvalue weighted by Crippen LogP contribution is -2.18. The van der Waals surface area contributed by atoms with Crippen LogP contribution in [0.1, 0.15) is 19.8 Å². The average Bonchev–Trinajstić information content (AvgIpc) is 2.15. The molecule has 0 saturated heterocycles. The van der Waals surface area contributed by atoms with E-state index in [4.69, 9.17) is 23.8 Å². The van der Waals surface area contributed by atoms with Crippen LogP contribution in [0.25, 0.3) is 0 Å². The quantitative estimate of drug-likeness (QED) is 0.606. The second kappa shape index (κ2) is 5.42. The van der Waals surface area contributed by atoms with E-state index in [9.17, 15) is 0 Å². The Kier molecular flexibility index (Phi) is 4.19. The third-order valence-electron chi connectivity index (χ3n) is 1.92. The van der Waals surface area contributed by atoms with E-state index >= 15 is 0 Å². The van der Waals surface area contributed by atoms with Crippen LogP contribution in [-0.2, 0) is 0 Å². The van der Waals surface area contributed by atoms with Crippen molar-refractivity contribution in [2.75, 3.05) is 11.1 Å². The average molecular weight is 225 g/mol. The first-order valence-electron chi connectivity index (χ1n) is 4.65. The summed E-state index contributed by atoms with van der Waals surface area (Å²) in [6.45, 7) is 2.04. The number of nitrogens with two attached hydrogens (primary N) is 1. The van der Waals surface area contributed by atoms with Crippen LogP contribution in [0.5, 0.6) is 0 Å². The maximum atomic E-state index is 5.74. The van der Waals surface area contributed by atoms with Gasteiger partial charge in [0.15, 0.2) is 0 Å². The Hall–Kier alpha value is -1.47. The van der Waals surface area contributed by atoms with Crippen molar-refractivity contribution in [3.05, 3.63) is 11.2 Å². The van der Waals surface area contributed by atoms with Crippen molar-refractivity contribution >= 4 is 23.4 Å². The van der Waals surface area contributed by atoms with Gasteiger partial charge >= 0.3 is 0 Å². The minimum Gasteiger partial charge on any atom is -0.368 e. The van der Waals surface area contributed by atoms with E-state index in [1.165, 1.54) is 0 Å². The maximum absolute atomic E-state index is 5.74. The molecule has 4 nitrogen and oxygen atoms in total. The molecule has 0 spiro atoms. The molecule has 3 N–H and O–H groups in total. The Morgan fingerprint density at radius 2 is 2.40 bits per heavy atom. The monoisotopic (exact) mass is 224 g/mol. The van der Waals surface area contributed by atoms with Gasteiger partial charge < -0.3 is 11.1 Å². The number of halogens is 1. The lowest BCUT2D eigenvalue weighted by atomic mass is 10.1. The molecule has 1 unspecified atom stereocenters. The molecule has 15 heavy (non-hydrogen) atoms. The van der Waals surface area contributed by atoms with Gasteiger partial charge in [-0.2, -0.15) is 4.98 Å².